The average Bonchev–Trinajstić information content (AvgIpc) is 1.16. The Labute approximate surface area is 697 Å². The van der Waals surface area contributed by atoms with Crippen LogP contribution in [0.25, 0.3) is 0 Å². The van der Waals surface area contributed by atoms with E-state index >= 15 is 0 Å². The number of hydrogen-bond acceptors (Lipinski definition) is 28. The highest BCUT2D eigenvalue weighted by Gasteiger charge is 2.46. The highest BCUT2D eigenvalue weighted by atomic mass is 16.7. The topological polar surface area (TPSA) is 517 Å². The number of rotatable bonds is 60. The maximum Gasteiger partial charge on any atom is 0.223 e. The van der Waals surface area contributed by atoms with Gasteiger partial charge in [0.1, 0.15) is 54.6 Å². The van der Waals surface area contributed by atoms with Crippen molar-refractivity contribution >= 4 is 47.0 Å². The molecule has 5 saturated heterocycles. The van der Waals surface area contributed by atoms with E-state index in [-0.39, 0.29) is 139 Å². The number of nitrogens with zero attached hydrogens (tertiary/aromatic N) is 1. The number of ether oxygens (including phenoxy) is 8. The highest BCUT2D eigenvalue weighted by molar-refractivity contribution is 5.92. The first-order valence-corrected chi connectivity index (χ1v) is 44.1. The van der Waals surface area contributed by atoms with E-state index < -0.39 is 184 Å². The van der Waals surface area contributed by atoms with Crippen LogP contribution < -0.4 is 26.6 Å². The van der Waals surface area contributed by atoms with Gasteiger partial charge in [0.15, 0.2) is 30.9 Å². The SMILES string of the molecule is CC(C)CCCC[C@@H]1C[C@@H](C)CN1C(=O)CCCNC(=O)C(CCCCNC(=O)C(CCCCNC(=O)CCCCO[C@@H]1OC(CO)[C@H](O)[C@H](O)C1C)CC(=O)CCCCO[C@@H]1OC(CO)[C@H](O)[C@H](O)C1C)CC(=O)C(CCCCNC(=O)CCCCO[C@@H]1OC(CO)[C@H](O)[C@H](O)C1C)NC(=O)CCCCO[C@@H]1OC(CO)[C@H](O)[C@H](O)C1C. The minimum absolute atomic E-state index is 0.0136. The minimum Gasteiger partial charge on any atom is -0.394 e. The zero-order chi connectivity index (χ0) is 86.8. The molecule has 17 N–H and O–H groups in total. The molecular formula is C84H150N6O28. The van der Waals surface area contributed by atoms with E-state index in [1.165, 1.54) is 0 Å². The molecule has 34 nitrogen and oxygen atoms in total. The summed E-state index contributed by atoms with van der Waals surface area (Å²) in [6.07, 6.45) is -4.97. The van der Waals surface area contributed by atoms with Gasteiger partial charge in [-0.05, 0) is 127 Å². The predicted molar refractivity (Wildman–Crippen MR) is 430 cm³/mol. The molecule has 0 aromatic carbocycles. The molecule has 5 heterocycles. The zero-order valence-electron chi connectivity index (χ0n) is 71.3. The lowest BCUT2D eigenvalue weighted by molar-refractivity contribution is -0.282. The number of ketones is 2. The van der Waals surface area contributed by atoms with Crippen molar-refractivity contribution in [1.82, 2.24) is 31.5 Å². The lowest BCUT2D eigenvalue weighted by Gasteiger charge is -2.40. The summed E-state index contributed by atoms with van der Waals surface area (Å²) in [6.45, 7) is 13.4. The number of carbonyl (C=O) groups is 8. The number of aliphatic hydroxyl groups is 12. The van der Waals surface area contributed by atoms with Crippen molar-refractivity contribution < 1.29 is 138 Å². The fraction of sp³-hybridized carbons (Fsp3) is 0.905. The summed E-state index contributed by atoms with van der Waals surface area (Å²) in [7, 11) is 0. The summed E-state index contributed by atoms with van der Waals surface area (Å²) >= 11 is 0. The van der Waals surface area contributed by atoms with Gasteiger partial charge < -0.3 is 131 Å². The number of likely N-dealkylation sites (tertiary alicyclic amines) is 1. The van der Waals surface area contributed by atoms with Crippen LogP contribution in [0.2, 0.25) is 0 Å². The summed E-state index contributed by atoms with van der Waals surface area (Å²) in [5.74, 6) is -5.19. The Kier molecular flexibility index (Phi) is 50.2. The lowest BCUT2D eigenvalue weighted by atomic mass is 9.90. The lowest BCUT2D eigenvalue weighted by Crippen LogP contribution is -2.55. The molecule has 684 valence electrons. The molecule has 0 bridgehead atoms. The molecule has 0 radical (unpaired) electrons. The Morgan fingerprint density at radius 2 is 0.746 bits per heavy atom. The van der Waals surface area contributed by atoms with Gasteiger partial charge >= 0.3 is 0 Å². The van der Waals surface area contributed by atoms with E-state index in [9.17, 15) is 99.6 Å². The molecule has 0 aliphatic carbocycles. The first-order chi connectivity index (χ1) is 56.4. The van der Waals surface area contributed by atoms with Crippen LogP contribution >= 0.6 is 0 Å². The van der Waals surface area contributed by atoms with Gasteiger partial charge in [-0.2, -0.15) is 0 Å². The molecule has 0 aromatic heterocycles. The molecule has 5 fully saturated rings. The normalized spacial score (nSPS) is 30.0. The third-order valence-corrected chi connectivity index (χ3v) is 23.7. The molecule has 25 atom stereocenters. The van der Waals surface area contributed by atoms with E-state index in [4.69, 9.17) is 37.9 Å². The number of carbonyl (C=O) groups excluding carboxylic acids is 8. The number of unbranched alkanes of at least 4 members (excludes halogenated alkanes) is 8. The smallest absolute Gasteiger partial charge is 0.223 e. The van der Waals surface area contributed by atoms with Crippen LogP contribution in [0.4, 0.5) is 0 Å². The van der Waals surface area contributed by atoms with Gasteiger partial charge in [0.05, 0.1) is 56.9 Å². The first kappa shape index (κ1) is 104. The Morgan fingerprint density at radius 1 is 0.390 bits per heavy atom. The number of nitrogens with one attached hydrogen (secondary N) is 5. The van der Waals surface area contributed by atoms with Gasteiger partial charge in [0.25, 0.3) is 0 Å². The van der Waals surface area contributed by atoms with Crippen molar-refractivity contribution in [3.63, 3.8) is 0 Å². The Bertz CT molecular complexity index is 2870. The van der Waals surface area contributed by atoms with E-state index in [2.05, 4.69) is 47.4 Å². The Balaban J connectivity index is 1.22. The summed E-state index contributed by atoms with van der Waals surface area (Å²) in [4.78, 5) is 113. The van der Waals surface area contributed by atoms with E-state index in [1.807, 2.05) is 4.90 Å². The molecular weight excluding hydrogens is 1540 g/mol. The van der Waals surface area contributed by atoms with Crippen LogP contribution in [0, 0.1) is 47.3 Å². The third-order valence-electron chi connectivity index (χ3n) is 23.7. The van der Waals surface area contributed by atoms with Gasteiger partial charge in [-0.15, -0.1) is 0 Å². The summed E-state index contributed by atoms with van der Waals surface area (Å²) in [6, 6.07) is -0.885. The van der Waals surface area contributed by atoms with Gasteiger partial charge in [0, 0.05) is 146 Å². The number of Topliss-reactive ketones (excluding diaryl/α,β-unsaturated/α-hetero) is 2. The second-order valence-electron chi connectivity index (χ2n) is 34.1. The van der Waals surface area contributed by atoms with Gasteiger partial charge in [0.2, 0.25) is 35.4 Å². The van der Waals surface area contributed by atoms with Crippen molar-refractivity contribution in [2.75, 3.05) is 85.6 Å². The Hall–Kier alpha value is -4.64. The molecule has 5 aliphatic heterocycles. The first-order valence-electron chi connectivity index (χ1n) is 44.1. The maximum absolute atomic E-state index is 14.8. The molecule has 5 aliphatic rings. The fourth-order valence-electron chi connectivity index (χ4n) is 15.9. The molecule has 0 saturated carbocycles. The summed E-state index contributed by atoms with van der Waals surface area (Å²) < 4.78 is 45.9. The summed E-state index contributed by atoms with van der Waals surface area (Å²) in [5, 5.41) is 136. The van der Waals surface area contributed by atoms with E-state index in [0.29, 0.717) is 128 Å². The standard InChI is InChI=1S/C84H150N6O28/c1-51(2)25-8-9-28-59-43-52(3)46-90(59)70(100)34-24-38-88-80(110)58(45-62(96)61(89-69(99)33-16-23-42-114-84-56(7)74(104)78(108)66(50-94)118-84)30-12-19-36-86-68(98)32-15-22-41-113-83-55(6)73(103)77(107)65(49-93)117-83)27-11-18-37-87-79(109)57(44-60(95)29-13-20-39-111-81-53(4)71(101)75(105)63(47-91)115-81)26-10-17-35-85-67(97)31-14-21-40-112-82-54(5)72(102)76(106)64(48-92)116-82/h51-59,61,63-66,71-78,81-84,91-94,101-108H,8-50H2,1-7H3,(H,85,97)(H,86,98)(H,87,109)(H,88,110)(H,89,99)/t52-,53?,54?,55?,56?,57?,58?,59-,61?,63?,64?,65?,66?,71-,72-,73-,74-,75+,76+,77+,78+,81-,82-,83-,84-/m1/s1. The van der Waals surface area contributed by atoms with E-state index in [1.54, 1.807) is 27.7 Å². The molecule has 11 unspecified atom stereocenters. The van der Waals surface area contributed by atoms with Gasteiger partial charge in [-0.3, -0.25) is 38.4 Å². The van der Waals surface area contributed by atoms with Crippen molar-refractivity contribution in [2.45, 2.75) is 352 Å². The van der Waals surface area contributed by atoms with Crippen molar-refractivity contribution in [2.24, 2.45) is 47.3 Å². The molecule has 0 spiro atoms. The quantitative estimate of drug-likeness (QED) is 0.0387. The predicted octanol–water partition coefficient (Wildman–Crippen LogP) is 1.88. The van der Waals surface area contributed by atoms with Crippen LogP contribution in [0.1, 0.15) is 241 Å². The van der Waals surface area contributed by atoms with Gasteiger partial charge in [-0.25, -0.2) is 0 Å². The van der Waals surface area contributed by atoms with Crippen molar-refractivity contribution in [3.05, 3.63) is 0 Å². The molecule has 5 rings (SSSR count). The van der Waals surface area contributed by atoms with Crippen molar-refractivity contribution in [1.29, 1.82) is 0 Å². The number of amides is 6. The second kappa shape index (κ2) is 57.0. The monoisotopic (exact) mass is 1690 g/mol. The van der Waals surface area contributed by atoms with Crippen LogP contribution in [0.3, 0.4) is 0 Å². The fourth-order valence-corrected chi connectivity index (χ4v) is 15.9. The van der Waals surface area contributed by atoms with Crippen LogP contribution in [-0.2, 0) is 76.3 Å². The van der Waals surface area contributed by atoms with Crippen LogP contribution in [0.15, 0.2) is 0 Å². The molecule has 6 amide bonds. The molecule has 0 aromatic rings. The summed E-state index contributed by atoms with van der Waals surface area (Å²) in [5.41, 5.74) is 0. The molecule has 118 heavy (non-hydrogen) atoms. The highest BCUT2D eigenvalue weighted by Crippen LogP contribution is 2.33. The van der Waals surface area contributed by atoms with Crippen molar-refractivity contribution in [3.8, 4) is 0 Å². The van der Waals surface area contributed by atoms with E-state index in [0.717, 1.165) is 32.1 Å². The molecule has 34 heteroatoms. The second-order valence-corrected chi connectivity index (χ2v) is 34.1. The third kappa shape index (κ3) is 36.3. The van der Waals surface area contributed by atoms with Gasteiger partial charge in [-0.1, -0.05) is 80.6 Å². The number of aliphatic hydroxyl groups excluding tert-OH is 12. The maximum atomic E-state index is 14.8. The largest absolute Gasteiger partial charge is 0.394 e. The zero-order valence-corrected chi connectivity index (χ0v) is 71.3. The van der Waals surface area contributed by atoms with Crippen LogP contribution in [0.5, 0.6) is 0 Å². The minimum atomic E-state index is -1.30. The van der Waals surface area contributed by atoms with Crippen LogP contribution in [-0.4, -0.2) is 309 Å². The number of hydrogen-bond donors (Lipinski definition) is 17. The average molecular weight is 1690 g/mol. The Morgan fingerprint density at radius 3 is 1.14 bits per heavy atom.